The molecule has 1 aromatic carbocycles. The monoisotopic (exact) mass is 523 g/mol. The number of nitrogens with one attached hydrogen (secondary N) is 1. The van der Waals surface area contributed by atoms with E-state index in [-0.39, 0.29) is 36.3 Å². The van der Waals surface area contributed by atoms with E-state index in [0.29, 0.717) is 34.8 Å². The second-order valence-corrected chi connectivity index (χ2v) is 10.5. The summed E-state index contributed by atoms with van der Waals surface area (Å²) in [7, 11) is 0. The zero-order valence-electron chi connectivity index (χ0n) is 20.6. The molecule has 4 heterocycles. The molecule has 0 saturated carbocycles. The number of aliphatic hydroxyl groups excluding tert-OH is 1. The number of hydrogen-bond donors (Lipinski definition) is 3. The Hall–Kier alpha value is -3.27. The van der Waals surface area contributed by atoms with E-state index in [1.807, 2.05) is 6.92 Å². The zero-order chi connectivity index (χ0) is 26.4. The van der Waals surface area contributed by atoms with Crippen LogP contribution >= 0.6 is 11.6 Å². The Morgan fingerprint density at radius 1 is 1.32 bits per heavy atom. The van der Waals surface area contributed by atoms with E-state index >= 15 is 0 Å². The normalized spacial score (nSPS) is 22.2. The van der Waals surface area contributed by atoms with E-state index in [4.69, 9.17) is 21.3 Å². The van der Waals surface area contributed by atoms with E-state index in [9.17, 15) is 24.6 Å². The Balaban J connectivity index is 1.65. The van der Waals surface area contributed by atoms with Crippen LogP contribution < -0.4 is 10.9 Å². The summed E-state index contributed by atoms with van der Waals surface area (Å²) in [5, 5.41) is 25.5. The maximum atomic E-state index is 13.6. The number of halogens is 1. The fourth-order valence-electron chi connectivity index (χ4n) is 5.99. The summed E-state index contributed by atoms with van der Waals surface area (Å²) in [5.74, 6) is -1.26. The van der Waals surface area contributed by atoms with Gasteiger partial charge in [-0.15, -0.1) is 0 Å². The van der Waals surface area contributed by atoms with Crippen LogP contribution in [0.3, 0.4) is 0 Å². The fourth-order valence-corrected chi connectivity index (χ4v) is 6.21. The Labute approximate surface area is 217 Å². The molecule has 2 aromatic heterocycles. The minimum Gasteiger partial charge on any atom is -0.458 e. The Kier molecular flexibility index (Phi) is 5.28. The average Bonchev–Trinajstić information content (AvgIpc) is 3.24. The van der Waals surface area contributed by atoms with Crippen LogP contribution in [0.15, 0.2) is 16.9 Å². The van der Waals surface area contributed by atoms with Gasteiger partial charge in [-0.25, -0.2) is 9.78 Å². The van der Waals surface area contributed by atoms with Gasteiger partial charge in [0.2, 0.25) is 5.91 Å². The van der Waals surface area contributed by atoms with Gasteiger partial charge < -0.3 is 24.8 Å². The van der Waals surface area contributed by atoms with Gasteiger partial charge in [0.1, 0.15) is 12.7 Å². The molecule has 0 radical (unpaired) electrons. The van der Waals surface area contributed by atoms with Gasteiger partial charge in [0.15, 0.2) is 5.60 Å². The van der Waals surface area contributed by atoms with Gasteiger partial charge in [-0.1, -0.05) is 18.5 Å². The van der Waals surface area contributed by atoms with Gasteiger partial charge in [0, 0.05) is 21.5 Å². The van der Waals surface area contributed by atoms with E-state index in [0.717, 1.165) is 27.6 Å². The first kappa shape index (κ1) is 24.1. The first-order valence-corrected chi connectivity index (χ1v) is 12.7. The van der Waals surface area contributed by atoms with Crippen LogP contribution in [0.2, 0.25) is 5.02 Å². The van der Waals surface area contributed by atoms with Crippen molar-refractivity contribution in [2.45, 2.75) is 70.9 Å². The van der Waals surface area contributed by atoms with E-state index in [1.54, 1.807) is 23.6 Å². The molecule has 3 aromatic rings. The van der Waals surface area contributed by atoms with Crippen molar-refractivity contribution >= 4 is 34.4 Å². The smallest absolute Gasteiger partial charge is 0.343 e. The van der Waals surface area contributed by atoms with Crippen molar-refractivity contribution in [1.82, 2.24) is 14.9 Å². The quantitative estimate of drug-likeness (QED) is 0.352. The lowest BCUT2D eigenvalue weighted by atomic mass is 9.81. The van der Waals surface area contributed by atoms with Crippen LogP contribution in [-0.2, 0) is 39.5 Å². The molecule has 10 heteroatoms. The van der Waals surface area contributed by atoms with Crippen molar-refractivity contribution in [3.05, 3.63) is 60.9 Å². The fraction of sp³-hybridized carbons (Fsp3) is 0.407. The molecule has 0 unspecified atom stereocenters. The number of aliphatic hydroxyl groups is 2. The van der Waals surface area contributed by atoms with Gasteiger partial charge in [0.25, 0.3) is 5.56 Å². The van der Waals surface area contributed by atoms with Gasteiger partial charge in [-0.2, -0.15) is 0 Å². The largest absolute Gasteiger partial charge is 0.458 e. The van der Waals surface area contributed by atoms with Crippen LogP contribution in [0.25, 0.3) is 22.3 Å². The van der Waals surface area contributed by atoms with Crippen LogP contribution in [0, 0.1) is 6.92 Å². The Morgan fingerprint density at radius 3 is 2.78 bits per heavy atom. The summed E-state index contributed by atoms with van der Waals surface area (Å²) < 4.78 is 6.75. The highest BCUT2D eigenvalue weighted by molar-refractivity contribution is 6.32. The summed E-state index contributed by atoms with van der Waals surface area (Å²) in [6, 6.07) is 3.06. The van der Waals surface area contributed by atoms with Crippen LogP contribution in [0.5, 0.6) is 0 Å². The van der Waals surface area contributed by atoms with Gasteiger partial charge in [-0.05, 0) is 61.9 Å². The number of aromatic nitrogens is 2. The summed E-state index contributed by atoms with van der Waals surface area (Å²) >= 11 is 6.57. The molecule has 0 saturated heterocycles. The number of benzene rings is 1. The molecule has 0 spiro atoms. The number of fused-ring (bicyclic) bond motifs is 5. The molecule has 192 valence electrons. The summed E-state index contributed by atoms with van der Waals surface area (Å²) in [5.41, 5.74) is 3.54. The molecule has 0 fully saturated rings. The molecule has 1 amide bonds. The number of aryl methyl sites for hydroxylation is 1. The number of esters is 1. The molecule has 3 atom stereocenters. The molecule has 9 nitrogen and oxygen atoms in total. The number of rotatable bonds is 3. The number of amides is 1. The van der Waals surface area contributed by atoms with Crippen LogP contribution in [0.4, 0.5) is 0 Å². The molecular formula is C27H26ClN3O6. The van der Waals surface area contributed by atoms with E-state index in [1.165, 1.54) is 6.92 Å². The zero-order valence-corrected chi connectivity index (χ0v) is 21.4. The van der Waals surface area contributed by atoms with Crippen molar-refractivity contribution in [2.75, 3.05) is 0 Å². The standard InChI is InChI=1S/C27H26ClN3O6/c1-4-27(36)16-7-20-23-14(9-31(20)25(34)15(16)10-37-26(27)35)22-18(30-24(33)12(3)32)6-5-13-11(2)17(28)8-19(29-23)21(13)22/h7-8,12,18,32,36H,4-6,9-10H2,1-3H3,(H,30,33)/t12-,18-,27-/m0/s1. The number of hydrogen-bond acceptors (Lipinski definition) is 7. The number of carbonyl (C=O) groups excluding carboxylic acids is 2. The van der Waals surface area contributed by atoms with Gasteiger partial charge in [0.05, 0.1) is 35.1 Å². The summed E-state index contributed by atoms with van der Waals surface area (Å²) in [4.78, 5) is 43.6. The number of nitrogens with zero attached hydrogens (tertiary/aromatic N) is 2. The second-order valence-electron chi connectivity index (χ2n) is 10.1. The van der Waals surface area contributed by atoms with Gasteiger partial charge >= 0.3 is 5.97 Å². The first-order chi connectivity index (χ1) is 17.6. The van der Waals surface area contributed by atoms with E-state index < -0.39 is 29.6 Å². The predicted molar refractivity (Wildman–Crippen MR) is 135 cm³/mol. The molecule has 3 N–H and O–H groups in total. The van der Waals surface area contributed by atoms with E-state index in [2.05, 4.69) is 5.32 Å². The lowest BCUT2D eigenvalue weighted by molar-refractivity contribution is -0.172. The topological polar surface area (TPSA) is 131 Å². The summed E-state index contributed by atoms with van der Waals surface area (Å²) in [6.07, 6.45) is 0.148. The van der Waals surface area contributed by atoms with Crippen molar-refractivity contribution in [3.8, 4) is 11.4 Å². The second kappa shape index (κ2) is 8.11. The molecule has 2 aliphatic heterocycles. The minimum absolute atomic E-state index is 0.0523. The van der Waals surface area contributed by atoms with Crippen molar-refractivity contribution in [1.29, 1.82) is 0 Å². The predicted octanol–water partition coefficient (Wildman–Crippen LogP) is 2.53. The van der Waals surface area contributed by atoms with Crippen molar-refractivity contribution < 1.29 is 24.5 Å². The molecular weight excluding hydrogens is 498 g/mol. The molecule has 0 bridgehead atoms. The number of carbonyl (C=O) groups is 2. The maximum Gasteiger partial charge on any atom is 0.343 e. The van der Waals surface area contributed by atoms with Crippen LogP contribution in [-0.4, -0.2) is 37.7 Å². The Bertz CT molecular complexity index is 1610. The lowest BCUT2D eigenvalue weighted by Crippen LogP contribution is -2.44. The first-order valence-electron chi connectivity index (χ1n) is 12.4. The molecule has 6 rings (SSSR count). The summed E-state index contributed by atoms with van der Waals surface area (Å²) in [6.45, 7) is 5.04. The minimum atomic E-state index is -1.92. The number of pyridine rings is 2. The molecule has 1 aliphatic carbocycles. The highest BCUT2D eigenvalue weighted by atomic mass is 35.5. The highest BCUT2D eigenvalue weighted by Crippen LogP contribution is 2.46. The van der Waals surface area contributed by atoms with Gasteiger partial charge in [-0.3, -0.25) is 9.59 Å². The third kappa shape index (κ3) is 3.24. The van der Waals surface area contributed by atoms with Crippen molar-refractivity contribution in [2.24, 2.45) is 0 Å². The van der Waals surface area contributed by atoms with Crippen LogP contribution in [0.1, 0.15) is 66.1 Å². The molecule has 37 heavy (non-hydrogen) atoms. The third-order valence-electron chi connectivity index (χ3n) is 8.07. The average molecular weight is 524 g/mol. The van der Waals surface area contributed by atoms with Crippen molar-refractivity contribution in [3.63, 3.8) is 0 Å². The Morgan fingerprint density at radius 2 is 2.08 bits per heavy atom. The molecule has 3 aliphatic rings. The SMILES string of the molecule is CC[C@@]1(O)C(=O)OCc2c1cc1n(c2=O)Cc2c-1nc1cc(Cl)c(C)c3c1c2[C@@H](NC(=O)[C@H](C)O)CC3. The third-order valence-corrected chi connectivity index (χ3v) is 8.47. The lowest BCUT2D eigenvalue weighted by Gasteiger charge is -2.31. The maximum absolute atomic E-state index is 13.6. The number of ether oxygens (including phenoxy) is 1. The highest BCUT2D eigenvalue weighted by Gasteiger charge is 2.46. The number of cyclic esters (lactones) is 1.